The van der Waals surface area contributed by atoms with Crippen LogP contribution in [0.25, 0.3) is 0 Å². The Balaban J connectivity index is 2.06. The Kier molecular flexibility index (Phi) is 8.44. The zero-order chi connectivity index (χ0) is 22.1. The van der Waals surface area contributed by atoms with Crippen molar-refractivity contribution < 1.29 is 22.7 Å². The molecule has 30 heavy (non-hydrogen) atoms. The summed E-state index contributed by atoms with van der Waals surface area (Å²) in [6.45, 7) is 8.72. The van der Waals surface area contributed by atoms with Crippen LogP contribution in [-0.2, 0) is 18.5 Å². The number of rotatable bonds is 9. The van der Waals surface area contributed by atoms with Gasteiger partial charge in [0.2, 0.25) is 5.89 Å². The van der Waals surface area contributed by atoms with Crippen LogP contribution in [-0.4, -0.2) is 30.7 Å². The van der Waals surface area contributed by atoms with Gasteiger partial charge in [-0.05, 0) is 31.5 Å². The zero-order valence-corrected chi connectivity index (χ0v) is 18.1. The van der Waals surface area contributed by atoms with Gasteiger partial charge in [-0.15, -0.1) is 0 Å². The molecule has 1 aromatic carbocycles. The van der Waals surface area contributed by atoms with Gasteiger partial charge in [0.05, 0.1) is 25.9 Å². The van der Waals surface area contributed by atoms with E-state index in [4.69, 9.17) is 9.15 Å². The molecule has 1 aromatic heterocycles. The minimum Gasteiger partial charge on any atom is -0.490 e. The number of halogens is 2. The van der Waals surface area contributed by atoms with Gasteiger partial charge >= 0.3 is 6.61 Å². The molecule has 0 fully saturated rings. The normalized spacial score (nSPS) is 12.2. The third kappa shape index (κ3) is 7.20. The lowest BCUT2D eigenvalue weighted by atomic mass is 9.94. The van der Waals surface area contributed by atoms with Crippen LogP contribution >= 0.6 is 0 Å². The van der Waals surface area contributed by atoms with Crippen molar-refractivity contribution in [3.05, 3.63) is 41.6 Å². The summed E-state index contributed by atoms with van der Waals surface area (Å²) in [5, 5.41) is 6.33. The second-order valence-electron chi connectivity index (χ2n) is 7.51. The maximum atomic E-state index is 12.5. The number of alkyl halides is 2. The Bertz CT molecular complexity index is 832. The first-order valence-electron chi connectivity index (χ1n) is 9.90. The summed E-state index contributed by atoms with van der Waals surface area (Å²) in [7, 11) is 0. The van der Waals surface area contributed by atoms with E-state index in [0.717, 1.165) is 11.3 Å². The van der Waals surface area contributed by atoms with Crippen LogP contribution in [0, 0.1) is 0 Å². The number of hydrogen-bond acceptors (Lipinski definition) is 5. The van der Waals surface area contributed by atoms with Gasteiger partial charge in [0.1, 0.15) is 5.76 Å². The fourth-order valence-corrected chi connectivity index (χ4v) is 2.52. The Morgan fingerprint density at radius 1 is 1.20 bits per heavy atom. The molecule has 0 aliphatic heterocycles. The monoisotopic (exact) mass is 424 g/mol. The van der Waals surface area contributed by atoms with Crippen LogP contribution in [0.1, 0.15) is 51.8 Å². The van der Waals surface area contributed by atoms with Crippen LogP contribution in [0.15, 0.2) is 33.8 Å². The lowest BCUT2D eigenvalue weighted by Crippen LogP contribution is -2.36. The van der Waals surface area contributed by atoms with Gasteiger partial charge < -0.3 is 24.5 Å². The molecule has 1 heterocycles. The molecular weight excluding hydrogens is 394 g/mol. The number of nitrogens with zero attached hydrogens (tertiary/aromatic N) is 2. The molecule has 0 aliphatic rings. The highest BCUT2D eigenvalue weighted by atomic mass is 19.3. The molecule has 0 unspecified atom stereocenters. The second kappa shape index (κ2) is 10.8. The van der Waals surface area contributed by atoms with Crippen molar-refractivity contribution in [1.82, 2.24) is 15.6 Å². The summed E-state index contributed by atoms with van der Waals surface area (Å²) >= 11 is 0. The van der Waals surface area contributed by atoms with Gasteiger partial charge in [-0.2, -0.15) is 8.78 Å². The molecule has 0 saturated carbocycles. The minimum absolute atomic E-state index is 0.00292. The Morgan fingerprint density at radius 3 is 2.57 bits per heavy atom. The van der Waals surface area contributed by atoms with E-state index in [0.29, 0.717) is 38.1 Å². The molecule has 2 N–H and O–H groups in total. The van der Waals surface area contributed by atoms with Gasteiger partial charge in [-0.1, -0.05) is 26.8 Å². The van der Waals surface area contributed by atoms with Gasteiger partial charge in [-0.3, -0.25) is 0 Å². The molecule has 0 spiro atoms. The fourth-order valence-electron chi connectivity index (χ4n) is 2.52. The van der Waals surface area contributed by atoms with Gasteiger partial charge in [0, 0.05) is 12.0 Å². The number of hydrogen-bond donors (Lipinski definition) is 2. The summed E-state index contributed by atoms with van der Waals surface area (Å²) in [5.74, 6) is 2.23. The smallest absolute Gasteiger partial charge is 0.387 e. The van der Waals surface area contributed by atoms with E-state index in [1.54, 1.807) is 25.3 Å². The number of ether oxygens (including phenoxy) is 2. The third-order valence-corrected chi connectivity index (χ3v) is 3.99. The molecule has 0 amide bonds. The maximum Gasteiger partial charge on any atom is 0.387 e. The molecule has 7 nitrogen and oxygen atoms in total. The highest BCUT2D eigenvalue weighted by Crippen LogP contribution is 2.30. The molecule has 0 atom stereocenters. The lowest BCUT2D eigenvalue weighted by molar-refractivity contribution is -0.0514. The quantitative estimate of drug-likeness (QED) is 0.463. The van der Waals surface area contributed by atoms with Gasteiger partial charge in [-0.25, -0.2) is 9.98 Å². The first-order chi connectivity index (χ1) is 14.2. The summed E-state index contributed by atoms with van der Waals surface area (Å²) in [6.07, 6.45) is 1.74. The van der Waals surface area contributed by atoms with Gasteiger partial charge in [0.25, 0.3) is 0 Å². The minimum atomic E-state index is -2.91. The largest absolute Gasteiger partial charge is 0.490 e. The van der Waals surface area contributed by atoms with Crippen LogP contribution in [0.3, 0.4) is 0 Å². The van der Waals surface area contributed by atoms with Crippen molar-refractivity contribution in [3.8, 4) is 11.5 Å². The van der Waals surface area contributed by atoms with Crippen LogP contribution in [0.2, 0.25) is 0 Å². The molecule has 9 heteroatoms. The van der Waals surface area contributed by atoms with E-state index in [1.807, 2.05) is 6.92 Å². The summed E-state index contributed by atoms with van der Waals surface area (Å²) < 4.78 is 40.8. The van der Waals surface area contributed by atoms with Crippen molar-refractivity contribution >= 4 is 5.96 Å². The number of guanidine groups is 1. The van der Waals surface area contributed by atoms with Crippen molar-refractivity contribution in [2.24, 2.45) is 4.99 Å². The molecule has 0 bridgehead atoms. The van der Waals surface area contributed by atoms with E-state index < -0.39 is 6.61 Å². The molecule has 2 aromatic rings. The first kappa shape index (κ1) is 23.4. The number of benzene rings is 1. The highest BCUT2D eigenvalue weighted by Gasteiger charge is 2.19. The molecule has 0 aliphatic carbocycles. The molecule has 0 radical (unpaired) electrons. The predicted octanol–water partition coefficient (Wildman–Crippen LogP) is 4.23. The van der Waals surface area contributed by atoms with E-state index >= 15 is 0 Å². The van der Waals surface area contributed by atoms with Crippen LogP contribution in [0.4, 0.5) is 8.78 Å². The van der Waals surface area contributed by atoms with Crippen molar-refractivity contribution in [2.45, 2.75) is 59.7 Å². The average molecular weight is 424 g/mol. The predicted molar refractivity (Wildman–Crippen MR) is 111 cm³/mol. The molecule has 0 saturated heterocycles. The van der Waals surface area contributed by atoms with Crippen molar-refractivity contribution in [2.75, 3.05) is 13.2 Å². The van der Waals surface area contributed by atoms with Gasteiger partial charge in [0.15, 0.2) is 17.5 Å². The lowest BCUT2D eigenvalue weighted by Gasteiger charge is -2.14. The maximum absolute atomic E-state index is 12.5. The van der Waals surface area contributed by atoms with E-state index in [9.17, 15) is 8.78 Å². The number of aliphatic imine (C=N–C) groups is 1. The molecular formula is C21H30F2N4O3. The third-order valence-electron chi connectivity index (χ3n) is 3.99. The number of nitrogens with one attached hydrogen (secondary N) is 2. The fraction of sp³-hybridized carbons (Fsp3) is 0.524. The average Bonchev–Trinajstić information content (AvgIpc) is 3.15. The van der Waals surface area contributed by atoms with E-state index in [2.05, 4.69) is 46.1 Å². The highest BCUT2D eigenvalue weighted by molar-refractivity contribution is 5.79. The Hall–Kier alpha value is -2.84. The topological polar surface area (TPSA) is 80.9 Å². The SMILES string of the molecule is CCNC(=NCc1ccc(OC(F)F)c(OCC)c1)NCc1ncc(C(C)(C)C)o1. The molecule has 166 valence electrons. The summed E-state index contributed by atoms with van der Waals surface area (Å²) in [6, 6.07) is 4.79. The van der Waals surface area contributed by atoms with Crippen LogP contribution < -0.4 is 20.1 Å². The van der Waals surface area contributed by atoms with E-state index in [1.165, 1.54) is 6.07 Å². The standard InChI is InChI=1S/C21H30F2N4O3/c1-6-24-20(27-13-18-25-12-17(30-18)21(3,4)5)26-11-14-8-9-15(29-19(22)23)16(10-14)28-7-2/h8-10,12,19H,6-7,11,13H2,1-5H3,(H2,24,26,27). The first-order valence-corrected chi connectivity index (χ1v) is 9.90. The zero-order valence-electron chi connectivity index (χ0n) is 18.1. The summed E-state index contributed by atoms with van der Waals surface area (Å²) in [4.78, 5) is 8.82. The Labute approximate surface area is 175 Å². The number of aromatic nitrogens is 1. The van der Waals surface area contributed by atoms with Crippen molar-refractivity contribution in [3.63, 3.8) is 0 Å². The molecule has 2 rings (SSSR count). The van der Waals surface area contributed by atoms with Crippen LogP contribution in [0.5, 0.6) is 11.5 Å². The summed E-state index contributed by atoms with van der Waals surface area (Å²) in [5.41, 5.74) is 0.686. The number of oxazole rings is 1. The van der Waals surface area contributed by atoms with E-state index in [-0.39, 0.29) is 16.9 Å². The second-order valence-corrected chi connectivity index (χ2v) is 7.51. The Morgan fingerprint density at radius 2 is 1.97 bits per heavy atom. The van der Waals surface area contributed by atoms with Crippen molar-refractivity contribution in [1.29, 1.82) is 0 Å².